The van der Waals surface area contributed by atoms with Gasteiger partial charge in [-0.25, -0.2) is 4.98 Å². The van der Waals surface area contributed by atoms with Gasteiger partial charge < -0.3 is 9.21 Å². The zero-order valence-electron chi connectivity index (χ0n) is 10.8. The molecule has 0 atom stereocenters. The number of rotatable bonds is 5. The second-order valence-electron chi connectivity index (χ2n) is 4.47. The molecule has 0 aliphatic rings. The molecule has 0 aliphatic heterocycles. The van der Waals surface area contributed by atoms with E-state index in [0.29, 0.717) is 12.3 Å². The van der Waals surface area contributed by atoms with Crippen molar-refractivity contribution in [3.8, 4) is 0 Å². The van der Waals surface area contributed by atoms with E-state index in [4.69, 9.17) is 4.42 Å². The van der Waals surface area contributed by atoms with Gasteiger partial charge in [0.05, 0.1) is 5.69 Å². The second-order valence-corrected chi connectivity index (χ2v) is 4.47. The Kier molecular flexibility index (Phi) is 3.92. The van der Waals surface area contributed by atoms with Crippen LogP contribution in [0.15, 0.2) is 28.7 Å². The summed E-state index contributed by atoms with van der Waals surface area (Å²) >= 11 is 0. The van der Waals surface area contributed by atoms with Gasteiger partial charge >= 0.3 is 0 Å². The molecule has 2 aromatic rings. The summed E-state index contributed by atoms with van der Waals surface area (Å²) in [7, 11) is 0. The van der Waals surface area contributed by atoms with Gasteiger partial charge in [-0.2, -0.15) is 0 Å². The van der Waals surface area contributed by atoms with Gasteiger partial charge in [0.1, 0.15) is 12.0 Å². The number of carbonyl (C=O) groups is 1. The monoisotopic (exact) mass is 243 g/mol. The molecule has 0 bridgehead atoms. The highest BCUT2D eigenvalue weighted by molar-refractivity contribution is 5.54. The quantitative estimate of drug-likeness (QED) is 0.758. The standard InChI is InChI=1S/C15H17NO2/c1-11-4-3-5-13(10-11)6-7-15-16-14(8-9-17)12(2)18-15/h3-5,9-10H,6-8H2,1-2H3. The van der Waals surface area contributed by atoms with Crippen LogP contribution in [0.5, 0.6) is 0 Å². The lowest BCUT2D eigenvalue weighted by molar-refractivity contribution is -0.107. The van der Waals surface area contributed by atoms with Crippen LogP contribution in [-0.4, -0.2) is 11.3 Å². The molecule has 0 unspecified atom stereocenters. The topological polar surface area (TPSA) is 43.1 Å². The minimum atomic E-state index is 0.333. The number of hydrogen-bond acceptors (Lipinski definition) is 3. The van der Waals surface area contributed by atoms with Crippen molar-refractivity contribution in [1.82, 2.24) is 4.98 Å². The summed E-state index contributed by atoms with van der Waals surface area (Å²) in [4.78, 5) is 14.8. The molecule has 0 radical (unpaired) electrons. The van der Waals surface area contributed by atoms with Crippen LogP contribution < -0.4 is 0 Å². The Balaban J connectivity index is 2.02. The molecule has 0 spiro atoms. The van der Waals surface area contributed by atoms with Crippen LogP contribution in [0.4, 0.5) is 0 Å². The van der Waals surface area contributed by atoms with E-state index in [0.717, 1.165) is 30.6 Å². The lowest BCUT2D eigenvalue weighted by atomic mass is 10.1. The number of aldehydes is 1. The SMILES string of the molecule is Cc1cccc(CCc2nc(CC=O)c(C)o2)c1. The van der Waals surface area contributed by atoms with Crippen molar-refractivity contribution in [2.45, 2.75) is 33.1 Å². The van der Waals surface area contributed by atoms with Crippen LogP contribution in [0.2, 0.25) is 0 Å². The lowest BCUT2D eigenvalue weighted by Crippen LogP contribution is -1.93. The van der Waals surface area contributed by atoms with Crippen molar-refractivity contribution in [3.63, 3.8) is 0 Å². The maximum Gasteiger partial charge on any atom is 0.194 e. The fraction of sp³-hybridized carbons (Fsp3) is 0.333. The zero-order valence-corrected chi connectivity index (χ0v) is 10.8. The fourth-order valence-electron chi connectivity index (χ4n) is 1.98. The number of oxazole rings is 1. The summed E-state index contributed by atoms with van der Waals surface area (Å²) in [5.41, 5.74) is 3.30. The number of aromatic nitrogens is 1. The van der Waals surface area contributed by atoms with Gasteiger partial charge in [0.15, 0.2) is 5.89 Å². The highest BCUT2D eigenvalue weighted by atomic mass is 16.4. The molecule has 18 heavy (non-hydrogen) atoms. The summed E-state index contributed by atoms with van der Waals surface area (Å²) in [6.45, 7) is 3.93. The molecule has 1 aromatic heterocycles. The predicted molar refractivity (Wildman–Crippen MR) is 69.6 cm³/mol. The Labute approximate surface area is 107 Å². The van der Waals surface area contributed by atoms with Crippen molar-refractivity contribution in [2.75, 3.05) is 0 Å². The molecule has 3 heteroatoms. The molecule has 0 N–H and O–H groups in total. The average Bonchev–Trinajstić information content (AvgIpc) is 2.69. The van der Waals surface area contributed by atoms with Gasteiger partial charge in [-0.05, 0) is 25.8 Å². The van der Waals surface area contributed by atoms with E-state index in [1.165, 1.54) is 11.1 Å². The Hall–Kier alpha value is -1.90. The van der Waals surface area contributed by atoms with Crippen molar-refractivity contribution >= 4 is 6.29 Å². The van der Waals surface area contributed by atoms with Gasteiger partial charge in [0.25, 0.3) is 0 Å². The Morgan fingerprint density at radius 3 is 2.83 bits per heavy atom. The van der Waals surface area contributed by atoms with Crippen molar-refractivity contribution in [1.29, 1.82) is 0 Å². The third-order valence-electron chi connectivity index (χ3n) is 2.92. The van der Waals surface area contributed by atoms with Gasteiger partial charge in [0, 0.05) is 12.8 Å². The Bertz CT molecular complexity index is 543. The summed E-state index contributed by atoms with van der Waals surface area (Å²) < 4.78 is 5.55. The third-order valence-corrected chi connectivity index (χ3v) is 2.92. The molecule has 0 aliphatic carbocycles. The first-order chi connectivity index (χ1) is 8.69. The molecule has 0 amide bonds. The molecule has 0 saturated carbocycles. The Morgan fingerprint density at radius 2 is 2.11 bits per heavy atom. The van der Waals surface area contributed by atoms with Crippen LogP contribution in [0.25, 0.3) is 0 Å². The maximum absolute atomic E-state index is 10.5. The van der Waals surface area contributed by atoms with Crippen LogP contribution in [0.3, 0.4) is 0 Å². The number of aryl methyl sites for hydroxylation is 4. The highest BCUT2D eigenvalue weighted by Crippen LogP contribution is 2.13. The predicted octanol–water partition coefficient (Wildman–Crippen LogP) is 2.82. The number of nitrogens with zero attached hydrogens (tertiary/aromatic N) is 1. The molecule has 3 nitrogen and oxygen atoms in total. The molecule has 0 saturated heterocycles. The highest BCUT2D eigenvalue weighted by Gasteiger charge is 2.08. The maximum atomic E-state index is 10.5. The minimum Gasteiger partial charge on any atom is -0.446 e. The van der Waals surface area contributed by atoms with E-state index in [1.54, 1.807) is 0 Å². The molecule has 1 heterocycles. The van der Waals surface area contributed by atoms with Gasteiger partial charge in [-0.3, -0.25) is 0 Å². The molecule has 0 fully saturated rings. The van der Waals surface area contributed by atoms with Gasteiger partial charge in [0.2, 0.25) is 0 Å². The van der Waals surface area contributed by atoms with Crippen LogP contribution in [-0.2, 0) is 24.1 Å². The van der Waals surface area contributed by atoms with Crippen molar-refractivity contribution in [3.05, 3.63) is 52.7 Å². The van der Waals surface area contributed by atoms with E-state index >= 15 is 0 Å². The molecule has 1 aromatic carbocycles. The van der Waals surface area contributed by atoms with Crippen molar-refractivity contribution in [2.24, 2.45) is 0 Å². The van der Waals surface area contributed by atoms with Gasteiger partial charge in [-0.1, -0.05) is 29.8 Å². The van der Waals surface area contributed by atoms with E-state index in [1.807, 2.05) is 6.92 Å². The molecular formula is C15H17NO2. The fourth-order valence-corrected chi connectivity index (χ4v) is 1.98. The first-order valence-corrected chi connectivity index (χ1v) is 6.13. The van der Waals surface area contributed by atoms with Crippen molar-refractivity contribution < 1.29 is 9.21 Å². The van der Waals surface area contributed by atoms with Crippen LogP contribution in [0, 0.1) is 13.8 Å². The summed E-state index contributed by atoms with van der Waals surface area (Å²) in [5.74, 6) is 1.46. The molecule has 94 valence electrons. The first-order valence-electron chi connectivity index (χ1n) is 6.13. The number of benzene rings is 1. The summed E-state index contributed by atoms with van der Waals surface area (Å²) in [5, 5.41) is 0. The summed E-state index contributed by atoms with van der Waals surface area (Å²) in [6.07, 6.45) is 2.86. The van der Waals surface area contributed by atoms with Gasteiger partial charge in [-0.15, -0.1) is 0 Å². The van der Waals surface area contributed by atoms with E-state index < -0.39 is 0 Å². The molecular weight excluding hydrogens is 226 g/mol. The average molecular weight is 243 g/mol. The van der Waals surface area contributed by atoms with E-state index in [2.05, 4.69) is 36.2 Å². The largest absolute Gasteiger partial charge is 0.446 e. The second kappa shape index (κ2) is 5.63. The van der Waals surface area contributed by atoms with E-state index in [-0.39, 0.29) is 0 Å². The van der Waals surface area contributed by atoms with E-state index in [9.17, 15) is 4.79 Å². The number of carbonyl (C=O) groups excluding carboxylic acids is 1. The smallest absolute Gasteiger partial charge is 0.194 e. The van der Waals surface area contributed by atoms with Crippen LogP contribution >= 0.6 is 0 Å². The lowest BCUT2D eigenvalue weighted by Gasteiger charge is -2.00. The number of hydrogen-bond donors (Lipinski definition) is 0. The first kappa shape index (κ1) is 12.6. The van der Waals surface area contributed by atoms with Crippen LogP contribution in [0.1, 0.15) is 28.5 Å². The minimum absolute atomic E-state index is 0.333. The third kappa shape index (κ3) is 3.06. The zero-order chi connectivity index (χ0) is 13.0. The molecule has 2 rings (SSSR count). The normalized spacial score (nSPS) is 10.6. The Morgan fingerprint density at radius 1 is 1.28 bits per heavy atom. The summed E-state index contributed by atoms with van der Waals surface area (Å²) in [6, 6.07) is 8.42.